The molecule has 0 unspecified atom stereocenters. The molecule has 1 heterocycles. The number of anilines is 1. The number of carbonyl (C=O) groups is 1. The third-order valence-electron chi connectivity index (χ3n) is 1.16. The molecule has 0 spiro atoms. The van der Waals surface area contributed by atoms with Gasteiger partial charge < -0.3 is 11.1 Å². The summed E-state index contributed by atoms with van der Waals surface area (Å²) in [6.45, 7) is 2.49. The first-order chi connectivity index (χ1) is 6.13. The summed E-state index contributed by atoms with van der Waals surface area (Å²) in [7, 11) is 0. The van der Waals surface area contributed by atoms with Gasteiger partial charge in [0.25, 0.3) is 5.91 Å². The molecule has 0 fully saturated rings. The zero-order valence-electron chi connectivity index (χ0n) is 6.91. The summed E-state index contributed by atoms with van der Waals surface area (Å²) in [5, 5.41) is 2.73. The lowest BCUT2D eigenvalue weighted by Gasteiger charge is -2.01. The second-order valence-electron chi connectivity index (χ2n) is 2.15. The zero-order chi connectivity index (χ0) is 9.84. The highest BCUT2D eigenvalue weighted by atomic mass is 35.5. The molecule has 0 saturated carbocycles. The second-order valence-corrected chi connectivity index (χ2v) is 2.48. The van der Waals surface area contributed by atoms with Crippen LogP contribution < -0.4 is 11.1 Å². The van der Waals surface area contributed by atoms with Crippen LogP contribution in [-0.2, 0) is 0 Å². The van der Waals surface area contributed by atoms with Crippen LogP contribution in [0.2, 0.25) is 5.28 Å². The molecule has 6 nitrogen and oxygen atoms in total. The Balaban J connectivity index is 3.03. The number of nitrogens with two attached hydrogens (primary N) is 1. The minimum atomic E-state index is -0.733. The van der Waals surface area contributed by atoms with E-state index in [0.717, 1.165) is 0 Å². The summed E-state index contributed by atoms with van der Waals surface area (Å²) in [5.41, 5.74) is 4.97. The van der Waals surface area contributed by atoms with Crippen molar-refractivity contribution in [3.8, 4) is 0 Å². The van der Waals surface area contributed by atoms with Gasteiger partial charge in [-0.15, -0.1) is 0 Å². The van der Waals surface area contributed by atoms with Gasteiger partial charge in [-0.2, -0.15) is 15.0 Å². The van der Waals surface area contributed by atoms with E-state index in [1.54, 1.807) is 0 Å². The molecule has 0 bridgehead atoms. The van der Waals surface area contributed by atoms with Crippen molar-refractivity contribution >= 4 is 23.5 Å². The van der Waals surface area contributed by atoms with Gasteiger partial charge in [-0.25, -0.2) is 0 Å². The van der Waals surface area contributed by atoms with E-state index in [1.165, 1.54) is 0 Å². The number of nitrogens with zero attached hydrogens (tertiary/aromatic N) is 3. The van der Waals surface area contributed by atoms with Crippen molar-refractivity contribution in [3.63, 3.8) is 0 Å². The molecule has 70 valence electrons. The predicted molar refractivity (Wildman–Crippen MR) is 47.5 cm³/mol. The lowest BCUT2D eigenvalue weighted by atomic mass is 10.6. The molecule has 0 aliphatic heterocycles. The van der Waals surface area contributed by atoms with Crippen molar-refractivity contribution < 1.29 is 4.79 Å². The Morgan fingerprint density at radius 3 is 2.77 bits per heavy atom. The highest BCUT2D eigenvalue weighted by molar-refractivity contribution is 6.28. The van der Waals surface area contributed by atoms with Gasteiger partial charge in [0.2, 0.25) is 17.1 Å². The van der Waals surface area contributed by atoms with Crippen LogP contribution in [0.1, 0.15) is 17.5 Å². The molecule has 3 N–H and O–H groups in total. The number of amides is 1. The number of hydrogen-bond acceptors (Lipinski definition) is 5. The third-order valence-corrected chi connectivity index (χ3v) is 1.33. The number of halogens is 1. The summed E-state index contributed by atoms with van der Waals surface area (Å²) in [6, 6.07) is 0. The number of rotatable bonds is 3. The van der Waals surface area contributed by atoms with Crippen molar-refractivity contribution in [1.82, 2.24) is 15.0 Å². The summed E-state index contributed by atoms with van der Waals surface area (Å²) in [6.07, 6.45) is 0. The Morgan fingerprint density at radius 1 is 1.54 bits per heavy atom. The zero-order valence-corrected chi connectivity index (χ0v) is 7.67. The standard InChI is InChI=1S/C6H8ClN5O/c1-2-9-6-11-4(3(8)13)10-5(7)12-6/h2H2,1H3,(H2,8,13)(H,9,10,11,12). The molecule has 0 radical (unpaired) electrons. The molecule has 13 heavy (non-hydrogen) atoms. The number of aromatic nitrogens is 3. The summed E-state index contributed by atoms with van der Waals surface area (Å²) < 4.78 is 0. The van der Waals surface area contributed by atoms with E-state index < -0.39 is 5.91 Å². The predicted octanol–water partition coefficient (Wildman–Crippen LogP) is 0.0557. The van der Waals surface area contributed by atoms with Crippen LogP contribution in [-0.4, -0.2) is 27.4 Å². The summed E-state index contributed by atoms with van der Waals surface area (Å²) in [5.74, 6) is -0.629. The number of primary amides is 1. The lowest BCUT2D eigenvalue weighted by Crippen LogP contribution is -2.17. The summed E-state index contributed by atoms with van der Waals surface area (Å²) >= 11 is 5.52. The smallest absolute Gasteiger partial charge is 0.286 e. The van der Waals surface area contributed by atoms with Crippen molar-refractivity contribution in [1.29, 1.82) is 0 Å². The van der Waals surface area contributed by atoms with Crippen LogP contribution in [0.4, 0.5) is 5.95 Å². The Bertz CT molecular complexity index is 329. The Labute approximate surface area is 79.5 Å². The molecule has 1 aromatic heterocycles. The van der Waals surface area contributed by atoms with E-state index >= 15 is 0 Å². The molecule has 0 aliphatic carbocycles. The summed E-state index contributed by atoms with van der Waals surface area (Å²) in [4.78, 5) is 21.7. The first kappa shape index (κ1) is 9.66. The molecular weight excluding hydrogens is 194 g/mol. The first-order valence-corrected chi connectivity index (χ1v) is 3.96. The van der Waals surface area contributed by atoms with E-state index in [9.17, 15) is 4.79 Å². The fourth-order valence-electron chi connectivity index (χ4n) is 0.697. The average molecular weight is 202 g/mol. The van der Waals surface area contributed by atoms with Crippen LogP contribution in [0.15, 0.2) is 0 Å². The van der Waals surface area contributed by atoms with Gasteiger partial charge in [-0.05, 0) is 18.5 Å². The van der Waals surface area contributed by atoms with Crippen molar-refractivity contribution in [2.75, 3.05) is 11.9 Å². The Kier molecular flexibility index (Phi) is 2.97. The van der Waals surface area contributed by atoms with Crippen LogP contribution in [0.5, 0.6) is 0 Å². The average Bonchev–Trinajstić information content (AvgIpc) is 2.03. The van der Waals surface area contributed by atoms with Gasteiger partial charge in [-0.1, -0.05) is 0 Å². The normalized spacial score (nSPS) is 9.69. The van der Waals surface area contributed by atoms with Gasteiger partial charge in [0.1, 0.15) is 0 Å². The molecule has 0 aliphatic rings. The monoisotopic (exact) mass is 201 g/mol. The van der Waals surface area contributed by atoms with Gasteiger partial charge in [0, 0.05) is 6.54 Å². The molecule has 0 saturated heterocycles. The number of nitrogens with one attached hydrogen (secondary N) is 1. The van der Waals surface area contributed by atoms with Crippen LogP contribution in [0.25, 0.3) is 0 Å². The maximum atomic E-state index is 10.7. The van der Waals surface area contributed by atoms with E-state index in [0.29, 0.717) is 6.54 Å². The van der Waals surface area contributed by atoms with Crippen molar-refractivity contribution in [3.05, 3.63) is 11.1 Å². The van der Waals surface area contributed by atoms with Crippen molar-refractivity contribution in [2.45, 2.75) is 6.92 Å². The topological polar surface area (TPSA) is 93.8 Å². The molecule has 1 aromatic rings. The Hall–Kier alpha value is -1.43. The van der Waals surface area contributed by atoms with E-state index in [4.69, 9.17) is 17.3 Å². The maximum absolute atomic E-state index is 10.7. The molecule has 0 aromatic carbocycles. The fourth-order valence-corrected chi connectivity index (χ4v) is 0.858. The molecule has 1 rings (SSSR count). The molecule has 7 heteroatoms. The third kappa shape index (κ3) is 2.51. The molecule has 0 atom stereocenters. The fraction of sp³-hybridized carbons (Fsp3) is 0.333. The van der Waals surface area contributed by atoms with Crippen LogP contribution >= 0.6 is 11.6 Å². The van der Waals surface area contributed by atoms with E-state index in [2.05, 4.69) is 20.3 Å². The number of hydrogen-bond donors (Lipinski definition) is 2. The first-order valence-electron chi connectivity index (χ1n) is 3.58. The SMILES string of the molecule is CCNc1nc(Cl)nc(C(N)=O)n1. The van der Waals surface area contributed by atoms with Gasteiger partial charge in [0.15, 0.2) is 0 Å². The molecule has 1 amide bonds. The van der Waals surface area contributed by atoms with Gasteiger partial charge in [-0.3, -0.25) is 4.79 Å². The largest absolute Gasteiger partial charge is 0.363 e. The lowest BCUT2D eigenvalue weighted by molar-refractivity contribution is 0.0990. The molecular formula is C6H8ClN5O. The van der Waals surface area contributed by atoms with E-state index in [1.807, 2.05) is 6.92 Å². The van der Waals surface area contributed by atoms with Gasteiger partial charge >= 0.3 is 0 Å². The second kappa shape index (κ2) is 3.99. The van der Waals surface area contributed by atoms with E-state index in [-0.39, 0.29) is 17.1 Å². The van der Waals surface area contributed by atoms with Crippen molar-refractivity contribution in [2.24, 2.45) is 5.73 Å². The maximum Gasteiger partial charge on any atom is 0.286 e. The minimum absolute atomic E-state index is 0.0558. The highest BCUT2D eigenvalue weighted by Gasteiger charge is 2.08. The quantitative estimate of drug-likeness (QED) is 0.721. The van der Waals surface area contributed by atoms with Gasteiger partial charge in [0.05, 0.1) is 0 Å². The van der Waals surface area contributed by atoms with Crippen LogP contribution in [0.3, 0.4) is 0 Å². The van der Waals surface area contributed by atoms with Crippen LogP contribution in [0, 0.1) is 0 Å². The highest BCUT2D eigenvalue weighted by Crippen LogP contribution is 2.04. The number of carbonyl (C=O) groups excluding carboxylic acids is 1. The minimum Gasteiger partial charge on any atom is -0.363 e. The Morgan fingerprint density at radius 2 is 2.23 bits per heavy atom.